The first-order valence-corrected chi connectivity index (χ1v) is 7.79. The van der Waals surface area contributed by atoms with Crippen LogP contribution in [-0.2, 0) is 0 Å². The maximum atomic E-state index is 12.6. The van der Waals surface area contributed by atoms with E-state index in [2.05, 4.69) is 0 Å². The van der Waals surface area contributed by atoms with Gasteiger partial charge in [0.25, 0.3) is 5.91 Å². The van der Waals surface area contributed by atoms with Crippen molar-refractivity contribution in [1.29, 1.82) is 0 Å². The Morgan fingerprint density at radius 2 is 1.57 bits per heavy atom. The van der Waals surface area contributed by atoms with Gasteiger partial charge in [-0.1, -0.05) is 19.3 Å². The topological polar surface area (TPSA) is 63.4 Å². The van der Waals surface area contributed by atoms with Crippen molar-refractivity contribution in [3.05, 3.63) is 35.4 Å². The molecule has 4 nitrogen and oxygen atoms in total. The predicted molar refractivity (Wildman–Crippen MR) is 81.0 cm³/mol. The second-order valence-electron chi connectivity index (χ2n) is 6.48. The van der Waals surface area contributed by atoms with Crippen LogP contribution in [0.2, 0.25) is 0 Å². The van der Waals surface area contributed by atoms with Crippen molar-refractivity contribution in [2.45, 2.75) is 38.5 Å². The van der Waals surface area contributed by atoms with E-state index < -0.39 is 5.91 Å². The third-order valence-electron chi connectivity index (χ3n) is 5.06. The molecule has 0 atom stereocenters. The van der Waals surface area contributed by atoms with Crippen LogP contribution in [0.3, 0.4) is 0 Å². The Kier molecular flexibility index (Phi) is 3.70. The van der Waals surface area contributed by atoms with Crippen LogP contribution in [0.25, 0.3) is 0 Å². The van der Waals surface area contributed by atoms with Crippen LogP contribution in [-0.4, -0.2) is 29.8 Å². The van der Waals surface area contributed by atoms with Gasteiger partial charge in [0.15, 0.2) is 0 Å². The summed E-state index contributed by atoms with van der Waals surface area (Å²) in [4.78, 5) is 25.6. The fourth-order valence-corrected chi connectivity index (χ4v) is 3.78. The first kappa shape index (κ1) is 14.1. The van der Waals surface area contributed by atoms with Gasteiger partial charge in [0.2, 0.25) is 5.91 Å². The summed E-state index contributed by atoms with van der Waals surface area (Å²) in [6.07, 6.45) is 7.60. The zero-order valence-electron chi connectivity index (χ0n) is 12.3. The van der Waals surface area contributed by atoms with Gasteiger partial charge in [0, 0.05) is 24.2 Å². The Labute approximate surface area is 125 Å². The molecule has 1 aliphatic carbocycles. The maximum absolute atomic E-state index is 12.6. The number of benzene rings is 1. The lowest BCUT2D eigenvalue weighted by Crippen LogP contribution is -2.33. The van der Waals surface area contributed by atoms with Crippen molar-refractivity contribution in [1.82, 2.24) is 4.90 Å². The molecule has 1 aliphatic heterocycles. The van der Waals surface area contributed by atoms with Gasteiger partial charge in [0.1, 0.15) is 0 Å². The molecule has 1 heterocycles. The minimum Gasteiger partial charge on any atom is -0.366 e. The summed E-state index contributed by atoms with van der Waals surface area (Å²) in [5.41, 5.74) is 6.68. The molecule has 3 rings (SSSR count). The molecule has 0 unspecified atom stereocenters. The third kappa shape index (κ3) is 2.80. The van der Waals surface area contributed by atoms with Gasteiger partial charge in [-0.05, 0) is 48.9 Å². The minimum absolute atomic E-state index is 0.0773. The first-order chi connectivity index (χ1) is 10.1. The summed E-state index contributed by atoms with van der Waals surface area (Å²) < 4.78 is 0. The van der Waals surface area contributed by atoms with Gasteiger partial charge < -0.3 is 10.6 Å². The van der Waals surface area contributed by atoms with Gasteiger partial charge in [-0.3, -0.25) is 9.59 Å². The number of primary amides is 1. The van der Waals surface area contributed by atoms with E-state index >= 15 is 0 Å². The highest BCUT2D eigenvalue weighted by Crippen LogP contribution is 2.43. The monoisotopic (exact) mass is 286 g/mol. The zero-order chi connectivity index (χ0) is 14.9. The molecule has 21 heavy (non-hydrogen) atoms. The number of nitrogens with zero attached hydrogens (tertiary/aromatic N) is 1. The molecule has 0 radical (unpaired) electrons. The normalized spacial score (nSPS) is 20.7. The lowest BCUT2D eigenvalue weighted by Gasteiger charge is -2.33. The van der Waals surface area contributed by atoms with Crippen LogP contribution in [0.4, 0.5) is 0 Å². The fourth-order valence-electron chi connectivity index (χ4n) is 3.78. The highest BCUT2D eigenvalue weighted by Gasteiger charge is 2.40. The zero-order valence-corrected chi connectivity index (χ0v) is 12.3. The Balaban J connectivity index is 1.69. The number of amides is 2. The molecule has 0 bridgehead atoms. The van der Waals surface area contributed by atoms with Crippen molar-refractivity contribution < 1.29 is 9.59 Å². The highest BCUT2D eigenvalue weighted by molar-refractivity contribution is 5.97. The van der Waals surface area contributed by atoms with E-state index in [1.807, 2.05) is 4.90 Å². The van der Waals surface area contributed by atoms with Crippen LogP contribution in [0.5, 0.6) is 0 Å². The minimum atomic E-state index is -0.462. The van der Waals surface area contributed by atoms with E-state index in [0.29, 0.717) is 16.5 Å². The Hall–Kier alpha value is -1.84. The molecule has 2 aliphatic rings. The van der Waals surface area contributed by atoms with Gasteiger partial charge in [-0.25, -0.2) is 0 Å². The molecule has 1 saturated carbocycles. The molecular weight excluding hydrogens is 264 g/mol. The number of likely N-dealkylation sites (tertiary alicyclic amines) is 1. The Morgan fingerprint density at radius 1 is 0.952 bits per heavy atom. The van der Waals surface area contributed by atoms with Crippen molar-refractivity contribution in [3.63, 3.8) is 0 Å². The van der Waals surface area contributed by atoms with E-state index in [1.54, 1.807) is 24.3 Å². The predicted octanol–water partition coefficient (Wildman–Crippen LogP) is 2.58. The summed E-state index contributed by atoms with van der Waals surface area (Å²) in [6.45, 7) is 1.75. The Morgan fingerprint density at radius 3 is 2.19 bits per heavy atom. The van der Waals surface area contributed by atoms with Gasteiger partial charge >= 0.3 is 0 Å². The first-order valence-electron chi connectivity index (χ1n) is 7.79. The van der Waals surface area contributed by atoms with E-state index in [1.165, 1.54) is 32.1 Å². The van der Waals surface area contributed by atoms with Crippen molar-refractivity contribution in [2.24, 2.45) is 11.1 Å². The molecule has 112 valence electrons. The highest BCUT2D eigenvalue weighted by atomic mass is 16.2. The molecule has 2 fully saturated rings. The Bertz CT molecular complexity index is 544. The van der Waals surface area contributed by atoms with Crippen LogP contribution in [0, 0.1) is 5.41 Å². The van der Waals surface area contributed by atoms with Crippen molar-refractivity contribution in [2.75, 3.05) is 13.1 Å². The van der Waals surface area contributed by atoms with Crippen LogP contribution < -0.4 is 5.73 Å². The SMILES string of the molecule is NC(=O)c1ccc(C(=O)N2CCC3(CCCCC3)C2)cc1. The molecule has 0 aromatic heterocycles. The van der Waals surface area contributed by atoms with Crippen LogP contribution in [0.15, 0.2) is 24.3 Å². The standard InChI is InChI=1S/C17H22N2O2/c18-15(20)13-4-6-14(7-5-13)16(21)19-11-10-17(12-19)8-2-1-3-9-17/h4-7H,1-3,8-12H2,(H2,18,20). The van der Waals surface area contributed by atoms with E-state index in [-0.39, 0.29) is 5.91 Å². The van der Waals surface area contributed by atoms with Crippen LogP contribution in [0.1, 0.15) is 59.2 Å². The second-order valence-corrected chi connectivity index (χ2v) is 6.48. The van der Waals surface area contributed by atoms with E-state index in [9.17, 15) is 9.59 Å². The van der Waals surface area contributed by atoms with E-state index in [0.717, 1.165) is 19.5 Å². The lowest BCUT2D eigenvalue weighted by atomic mass is 9.73. The fraction of sp³-hybridized carbons (Fsp3) is 0.529. The number of carbonyl (C=O) groups is 2. The molecule has 4 heteroatoms. The van der Waals surface area contributed by atoms with Gasteiger partial charge in [0.05, 0.1) is 0 Å². The summed E-state index contributed by atoms with van der Waals surface area (Å²) in [5, 5.41) is 0. The lowest BCUT2D eigenvalue weighted by molar-refractivity contribution is 0.0758. The average Bonchev–Trinajstić information content (AvgIpc) is 2.91. The number of hydrogen-bond acceptors (Lipinski definition) is 2. The summed E-state index contributed by atoms with van der Waals surface area (Å²) in [6, 6.07) is 6.66. The van der Waals surface area contributed by atoms with Gasteiger partial charge in [-0.15, -0.1) is 0 Å². The smallest absolute Gasteiger partial charge is 0.253 e. The molecule has 2 N–H and O–H groups in total. The average molecular weight is 286 g/mol. The molecular formula is C17H22N2O2. The van der Waals surface area contributed by atoms with Crippen LogP contribution >= 0.6 is 0 Å². The molecule has 2 amide bonds. The summed E-state index contributed by atoms with van der Waals surface area (Å²) in [5.74, 6) is -0.384. The van der Waals surface area contributed by atoms with Gasteiger partial charge in [-0.2, -0.15) is 0 Å². The number of rotatable bonds is 2. The molecule has 1 spiro atoms. The summed E-state index contributed by atoms with van der Waals surface area (Å²) in [7, 11) is 0. The quantitative estimate of drug-likeness (QED) is 0.908. The number of nitrogens with two attached hydrogens (primary N) is 1. The second kappa shape index (κ2) is 5.51. The molecule has 1 saturated heterocycles. The van der Waals surface area contributed by atoms with Crippen molar-refractivity contribution >= 4 is 11.8 Å². The number of hydrogen-bond donors (Lipinski definition) is 1. The summed E-state index contributed by atoms with van der Waals surface area (Å²) >= 11 is 0. The number of carbonyl (C=O) groups excluding carboxylic acids is 2. The largest absolute Gasteiger partial charge is 0.366 e. The van der Waals surface area contributed by atoms with E-state index in [4.69, 9.17) is 5.73 Å². The van der Waals surface area contributed by atoms with Crippen molar-refractivity contribution in [3.8, 4) is 0 Å². The molecule has 1 aromatic rings. The third-order valence-corrected chi connectivity index (χ3v) is 5.06. The maximum Gasteiger partial charge on any atom is 0.253 e. The molecule has 1 aromatic carbocycles.